The van der Waals surface area contributed by atoms with Gasteiger partial charge in [0.25, 0.3) is 11.8 Å². The van der Waals surface area contributed by atoms with E-state index in [0.29, 0.717) is 34.4 Å². The number of hydrogen-bond donors (Lipinski definition) is 1. The molecule has 0 unspecified atom stereocenters. The molecule has 6 aromatic heterocycles. The minimum absolute atomic E-state index is 0.150. The smallest absolute Gasteiger partial charge is 0.337 e. The van der Waals surface area contributed by atoms with Crippen molar-refractivity contribution in [3.8, 4) is 33.8 Å². The molecular weight excluding hydrogens is 1320 g/mol. The van der Waals surface area contributed by atoms with E-state index in [1.54, 1.807) is 6.07 Å². The highest BCUT2D eigenvalue weighted by atomic mass is 16.5. The Morgan fingerprint density at radius 2 is 0.726 bits per heavy atom. The van der Waals surface area contributed by atoms with Crippen LogP contribution in [0.2, 0.25) is 0 Å². The lowest BCUT2D eigenvalue weighted by molar-refractivity contribution is 0.0592. The van der Waals surface area contributed by atoms with Crippen LogP contribution in [0, 0.1) is 0 Å². The Bertz CT molecular complexity index is 5480. The van der Waals surface area contributed by atoms with Crippen LogP contribution in [-0.4, -0.2) is 112 Å². The van der Waals surface area contributed by atoms with Crippen LogP contribution in [0.15, 0.2) is 134 Å². The van der Waals surface area contributed by atoms with Crippen molar-refractivity contribution < 1.29 is 38.6 Å². The summed E-state index contributed by atoms with van der Waals surface area (Å²) in [4.78, 5) is 67.8. The monoisotopic (exact) mass is 1420 g/mol. The molecule has 16 nitrogen and oxygen atoms in total. The van der Waals surface area contributed by atoms with Gasteiger partial charge in [-0.15, -0.1) is 0 Å². The number of carbonyl (C=O) groups excluding carboxylic acids is 4. The van der Waals surface area contributed by atoms with Crippen LogP contribution >= 0.6 is 0 Å². The molecular formula is C90H96N8O8. The average molecular weight is 1420 g/mol. The van der Waals surface area contributed by atoms with Crippen LogP contribution in [0.3, 0.4) is 0 Å². The normalized spacial score (nSPS) is 17.7. The van der Waals surface area contributed by atoms with Gasteiger partial charge >= 0.3 is 17.9 Å². The maximum absolute atomic E-state index is 13.6. The number of carboxylic acids is 1. The van der Waals surface area contributed by atoms with Gasteiger partial charge in [0.05, 0.1) is 75.7 Å². The molecule has 5 fully saturated rings. The molecule has 3 saturated carbocycles. The summed E-state index contributed by atoms with van der Waals surface area (Å²) in [5.74, 6) is 0.405. The van der Waals surface area contributed by atoms with Crippen LogP contribution < -0.4 is 0 Å². The summed E-state index contributed by atoms with van der Waals surface area (Å²) in [5, 5.41) is 16.9. The lowest BCUT2D eigenvalue weighted by Crippen LogP contribution is -2.27. The number of aromatic nitrogens is 6. The van der Waals surface area contributed by atoms with E-state index in [1.807, 2.05) is 40.1 Å². The lowest BCUT2D eigenvalue weighted by Gasteiger charge is -2.25. The van der Waals surface area contributed by atoms with E-state index in [4.69, 9.17) is 9.47 Å². The van der Waals surface area contributed by atoms with Crippen molar-refractivity contribution in [3.63, 3.8) is 0 Å². The van der Waals surface area contributed by atoms with Crippen molar-refractivity contribution in [2.75, 3.05) is 40.4 Å². The summed E-state index contributed by atoms with van der Waals surface area (Å²) in [6.07, 6.45) is 32.5. The molecule has 20 rings (SSSR count). The molecule has 3 aliphatic carbocycles. The number of nitrogens with zero attached hydrogens (tertiary/aromatic N) is 8. The molecule has 6 aromatic carbocycles. The number of likely N-dealkylation sites (tertiary alicyclic amines) is 2. The highest BCUT2D eigenvalue weighted by molar-refractivity contribution is 6.13. The molecule has 0 radical (unpaired) electrons. The third kappa shape index (κ3) is 11.6. The van der Waals surface area contributed by atoms with Crippen molar-refractivity contribution in [2.24, 2.45) is 0 Å². The zero-order valence-electron chi connectivity index (χ0n) is 61.4. The second kappa shape index (κ2) is 28.3. The topological polar surface area (TPSA) is 160 Å². The Morgan fingerprint density at radius 3 is 1.12 bits per heavy atom. The quantitative estimate of drug-likeness (QED) is 0.147. The van der Waals surface area contributed by atoms with Crippen LogP contribution in [0.1, 0.15) is 227 Å². The minimum Gasteiger partial charge on any atom is -0.478 e. The van der Waals surface area contributed by atoms with Crippen molar-refractivity contribution >= 4 is 95.1 Å². The SMILES string of the molecule is COC(=O)c1ccc2c(C3CCCCC3)c3n(c2c1)CCCn1cc(C(=O)N2CCCC2)c2cccc-3c21.COC(=O)c1ccc2c(C3CCCCC3)c3n(c2c1)CCCn1ccc2cccc-3c21.O=C(O)c1ccc2c(C3CCCCC3)c3n(c2c1)CCCn1cc(C(=O)N2CCCC2)c2cccc-3c21. The van der Waals surface area contributed by atoms with Crippen LogP contribution in [-0.2, 0) is 48.7 Å². The molecule has 0 bridgehead atoms. The third-order valence-electron chi connectivity index (χ3n) is 25.4. The first-order valence-corrected chi connectivity index (χ1v) is 39.8. The number of aryl methyl sites for hydroxylation is 6. The number of rotatable bonds is 8. The molecule has 2 saturated heterocycles. The second-order valence-electron chi connectivity index (χ2n) is 31.4. The molecule has 12 aromatic rings. The van der Waals surface area contributed by atoms with Gasteiger partial charge in [-0.25, -0.2) is 14.4 Å². The first-order valence-electron chi connectivity index (χ1n) is 39.8. The van der Waals surface area contributed by atoms with Gasteiger partial charge in [-0.1, -0.05) is 131 Å². The largest absolute Gasteiger partial charge is 0.478 e. The number of aromatic carboxylic acids is 1. The van der Waals surface area contributed by atoms with Crippen LogP contribution in [0.25, 0.3) is 99.2 Å². The lowest BCUT2D eigenvalue weighted by atomic mass is 9.81. The molecule has 5 aliphatic heterocycles. The first-order chi connectivity index (χ1) is 52.0. The summed E-state index contributed by atoms with van der Waals surface area (Å²) in [7, 11) is 2.90. The van der Waals surface area contributed by atoms with Gasteiger partial charge in [0.1, 0.15) is 0 Å². The summed E-state index contributed by atoms with van der Waals surface area (Å²) in [6.45, 7) is 8.74. The van der Waals surface area contributed by atoms with Crippen LogP contribution in [0.5, 0.6) is 0 Å². The number of para-hydroxylation sites is 3. The molecule has 11 heterocycles. The summed E-state index contributed by atoms with van der Waals surface area (Å²) in [5.41, 5.74) is 22.1. The van der Waals surface area contributed by atoms with E-state index < -0.39 is 5.97 Å². The number of ether oxygens (including phenoxy) is 2. The highest BCUT2D eigenvalue weighted by Crippen LogP contribution is 2.51. The van der Waals surface area contributed by atoms with E-state index in [9.17, 15) is 29.1 Å². The van der Waals surface area contributed by atoms with Crippen molar-refractivity contribution in [3.05, 3.63) is 178 Å². The number of carboxylic acid groups (broad SMARTS) is 1. The predicted octanol–water partition coefficient (Wildman–Crippen LogP) is 19.9. The van der Waals surface area contributed by atoms with E-state index in [-0.39, 0.29) is 23.8 Å². The Kier molecular flexibility index (Phi) is 18.1. The van der Waals surface area contributed by atoms with Gasteiger partial charge in [-0.2, -0.15) is 0 Å². The number of hydrogen-bond acceptors (Lipinski definition) is 7. The number of carbonyl (C=O) groups is 5. The maximum atomic E-state index is 13.6. The molecule has 16 heteroatoms. The summed E-state index contributed by atoms with van der Waals surface area (Å²) >= 11 is 0. The summed E-state index contributed by atoms with van der Waals surface area (Å²) < 4.78 is 24.5. The fraction of sp³-hybridized carbons (Fsp3) is 0.411. The van der Waals surface area contributed by atoms with Crippen molar-refractivity contribution in [2.45, 2.75) is 198 Å². The van der Waals surface area contributed by atoms with E-state index in [2.05, 4.69) is 125 Å². The van der Waals surface area contributed by atoms with Gasteiger partial charge in [0.2, 0.25) is 0 Å². The molecule has 8 aliphatic rings. The third-order valence-corrected chi connectivity index (χ3v) is 25.4. The Labute approximate surface area is 618 Å². The van der Waals surface area contributed by atoms with Crippen molar-refractivity contribution in [1.29, 1.82) is 0 Å². The highest BCUT2D eigenvalue weighted by Gasteiger charge is 2.36. The number of fused-ring (bicyclic) bond motifs is 12. The predicted molar refractivity (Wildman–Crippen MR) is 420 cm³/mol. The van der Waals surface area contributed by atoms with E-state index in [0.717, 1.165) is 149 Å². The number of amides is 2. The second-order valence-corrected chi connectivity index (χ2v) is 31.4. The Morgan fingerprint density at radius 1 is 0.358 bits per heavy atom. The number of benzene rings is 6. The number of esters is 2. The van der Waals surface area contributed by atoms with Gasteiger partial charge in [0, 0.05) is 150 Å². The maximum Gasteiger partial charge on any atom is 0.337 e. The first kappa shape index (κ1) is 67.8. The Hall–Kier alpha value is -10.1. The van der Waals surface area contributed by atoms with E-state index >= 15 is 0 Å². The molecule has 1 N–H and O–H groups in total. The average Bonchev–Trinajstić information content (AvgIpc) is 1.69. The molecule has 0 spiro atoms. The van der Waals surface area contributed by atoms with Crippen LogP contribution in [0.4, 0.5) is 0 Å². The molecule has 2 amide bonds. The molecule has 544 valence electrons. The van der Waals surface area contributed by atoms with E-state index in [1.165, 1.54) is 199 Å². The molecule has 0 atom stereocenters. The molecule has 106 heavy (non-hydrogen) atoms. The van der Waals surface area contributed by atoms with Gasteiger partial charge < -0.3 is 51.8 Å². The van der Waals surface area contributed by atoms with Gasteiger partial charge in [-0.3, -0.25) is 9.59 Å². The summed E-state index contributed by atoms with van der Waals surface area (Å²) in [6, 6.07) is 39.8. The standard InChI is InChI=1S/C32H35N3O3.C31H33N3O3.C27H28N2O2/c1-38-32(37)22-13-14-24-27(19-22)35-18-8-17-34-20-26(31(36)33-15-5-6-16-33)23-11-7-12-25(29(23)34)30(35)28(24)21-9-3-2-4-10-21;35-30(32-14-4-5-15-32)25-19-33-16-7-17-34-26-18-21(31(36)37)12-13-23(26)27(20-8-2-1-3-9-20)29(34)24-11-6-10-22(25)28(24)33;1-31-27(30)20-11-12-21-23(17-20)29-15-6-14-28-16-13-19-9-5-10-22(25(19)28)26(29)24(21)18-7-3-2-4-8-18/h7,11-14,19-21H,2-6,8-10,15-18H2,1H3;6,10-13,18-20H,1-5,7-9,14-17H2,(H,36,37);5,9-13,16-18H,2-4,6-8,14-15H2,1H3. The van der Waals surface area contributed by atoms with Gasteiger partial charge in [0.15, 0.2) is 0 Å². The zero-order chi connectivity index (χ0) is 71.8. The van der Waals surface area contributed by atoms with Gasteiger partial charge in [-0.05, 0) is 160 Å². The fourth-order valence-corrected chi connectivity index (χ4v) is 20.5. The number of methoxy groups -OCH3 is 2. The van der Waals surface area contributed by atoms with Crippen molar-refractivity contribution in [1.82, 2.24) is 37.2 Å². The zero-order valence-corrected chi connectivity index (χ0v) is 61.4. The fourth-order valence-electron chi connectivity index (χ4n) is 20.5. The Balaban J connectivity index is 0.000000113. The minimum atomic E-state index is -0.886.